The monoisotopic (exact) mass is 410 g/mol. The highest BCUT2D eigenvalue weighted by Crippen LogP contribution is 2.31. The number of anilines is 1. The number of fused-ring (bicyclic) bond motifs is 1. The second-order valence-electron chi connectivity index (χ2n) is 6.36. The molecule has 1 atom stereocenters. The van der Waals surface area contributed by atoms with E-state index < -0.39 is 34.7 Å². The number of nitrogens with zero attached hydrogens (tertiary/aromatic N) is 2. The molecule has 0 N–H and O–H groups in total. The van der Waals surface area contributed by atoms with Crippen LogP contribution in [-0.2, 0) is 4.74 Å². The number of thiazole rings is 1. The molecule has 1 aromatic heterocycles. The predicted molar refractivity (Wildman–Crippen MR) is 96.5 cm³/mol. The minimum absolute atomic E-state index is 0.0404. The van der Waals surface area contributed by atoms with Crippen LogP contribution in [0.1, 0.15) is 23.2 Å². The lowest BCUT2D eigenvalue weighted by atomic mass is 10.1. The van der Waals surface area contributed by atoms with Gasteiger partial charge in [0, 0.05) is 6.61 Å². The summed E-state index contributed by atoms with van der Waals surface area (Å²) in [6.45, 7) is 0.569. The molecule has 0 radical (unpaired) electrons. The van der Waals surface area contributed by atoms with Crippen LogP contribution in [0.2, 0.25) is 0 Å². The highest BCUT2D eigenvalue weighted by molar-refractivity contribution is 7.22. The molecule has 3 aromatic rings. The van der Waals surface area contributed by atoms with Crippen molar-refractivity contribution in [2.24, 2.45) is 0 Å². The minimum Gasteiger partial charge on any atom is -0.376 e. The summed E-state index contributed by atoms with van der Waals surface area (Å²) in [5.41, 5.74) is -0.266. The van der Waals surface area contributed by atoms with Crippen molar-refractivity contribution in [3.8, 4) is 0 Å². The molecule has 2 aromatic carbocycles. The molecule has 1 saturated heterocycles. The summed E-state index contributed by atoms with van der Waals surface area (Å²) in [6.07, 6.45) is 1.18. The zero-order valence-electron chi connectivity index (χ0n) is 14.4. The molecule has 1 aliphatic heterocycles. The molecular weight excluding hydrogens is 396 g/mol. The van der Waals surface area contributed by atoms with Gasteiger partial charge in [0.15, 0.2) is 28.4 Å². The zero-order chi connectivity index (χ0) is 19.8. The summed E-state index contributed by atoms with van der Waals surface area (Å²) in [5, 5.41) is 0.242. The number of aromatic nitrogens is 1. The summed E-state index contributed by atoms with van der Waals surface area (Å²) in [6, 6.07) is 7.51. The van der Waals surface area contributed by atoms with Crippen LogP contribution in [0.15, 0.2) is 30.3 Å². The molecule has 9 heteroatoms. The van der Waals surface area contributed by atoms with E-state index in [1.165, 1.54) is 11.3 Å². The van der Waals surface area contributed by atoms with Crippen LogP contribution >= 0.6 is 11.3 Å². The number of carbonyl (C=O) groups excluding carboxylic acids is 1. The fraction of sp³-hybridized carbons (Fsp3) is 0.263. The summed E-state index contributed by atoms with van der Waals surface area (Å²) in [7, 11) is 0. The van der Waals surface area contributed by atoms with Crippen LogP contribution in [0.3, 0.4) is 0 Å². The first-order valence-electron chi connectivity index (χ1n) is 8.57. The third kappa shape index (κ3) is 3.35. The Balaban J connectivity index is 1.77. The van der Waals surface area contributed by atoms with E-state index in [1.807, 2.05) is 6.07 Å². The molecule has 0 bridgehead atoms. The van der Waals surface area contributed by atoms with Crippen LogP contribution in [0.25, 0.3) is 10.2 Å². The fourth-order valence-corrected chi connectivity index (χ4v) is 4.06. The van der Waals surface area contributed by atoms with Crippen molar-refractivity contribution in [1.29, 1.82) is 0 Å². The van der Waals surface area contributed by atoms with Gasteiger partial charge in [-0.25, -0.2) is 22.5 Å². The highest BCUT2D eigenvalue weighted by atomic mass is 32.1. The van der Waals surface area contributed by atoms with Crippen molar-refractivity contribution in [2.45, 2.75) is 18.9 Å². The van der Waals surface area contributed by atoms with Gasteiger partial charge in [-0.1, -0.05) is 23.5 Å². The Bertz CT molecular complexity index is 1020. The van der Waals surface area contributed by atoms with E-state index in [1.54, 1.807) is 18.2 Å². The number of rotatable bonds is 4. The van der Waals surface area contributed by atoms with Crippen LogP contribution in [0.5, 0.6) is 0 Å². The summed E-state index contributed by atoms with van der Waals surface area (Å²) >= 11 is 1.18. The lowest BCUT2D eigenvalue weighted by Gasteiger charge is -2.23. The number of amides is 1. The number of carbonyl (C=O) groups is 1. The van der Waals surface area contributed by atoms with Crippen molar-refractivity contribution < 1.29 is 27.1 Å². The molecule has 146 valence electrons. The number of ether oxygens (including phenoxy) is 1. The molecule has 0 saturated carbocycles. The molecule has 1 amide bonds. The quantitative estimate of drug-likeness (QED) is 0.356. The maximum atomic E-state index is 14.2. The fourth-order valence-electron chi connectivity index (χ4n) is 3.09. The number of hydrogen-bond acceptors (Lipinski definition) is 4. The van der Waals surface area contributed by atoms with Crippen molar-refractivity contribution >= 4 is 32.6 Å². The molecule has 4 rings (SSSR count). The first-order chi connectivity index (χ1) is 13.5. The highest BCUT2D eigenvalue weighted by Gasteiger charge is 2.31. The van der Waals surface area contributed by atoms with Crippen LogP contribution in [-0.4, -0.2) is 30.1 Å². The van der Waals surface area contributed by atoms with Gasteiger partial charge in [-0.3, -0.25) is 9.69 Å². The average molecular weight is 410 g/mol. The number of hydrogen-bond donors (Lipinski definition) is 0. The van der Waals surface area contributed by atoms with Gasteiger partial charge >= 0.3 is 0 Å². The Kier molecular flexibility index (Phi) is 5.03. The molecule has 1 fully saturated rings. The lowest BCUT2D eigenvalue weighted by molar-refractivity contribution is 0.0912. The molecule has 0 aliphatic carbocycles. The molecule has 4 nitrogen and oxygen atoms in total. The van der Waals surface area contributed by atoms with Gasteiger partial charge in [-0.15, -0.1) is 0 Å². The lowest BCUT2D eigenvalue weighted by Crippen LogP contribution is -2.38. The van der Waals surface area contributed by atoms with Gasteiger partial charge in [0.1, 0.15) is 0 Å². The Labute approximate surface area is 161 Å². The first kappa shape index (κ1) is 18.8. The van der Waals surface area contributed by atoms with Gasteiger partial charge in [0.05, 0.1) is 28.4 Å². The van der Waals surface area contributed by atoms with E-state index in [-0.39, 0.29) is 17.8 Å². The van der Waals surface area contributed by atoms with Crippen LogP contribution < -0.4 is 4.90 Å². The first-order valence-corrected chi connectivity index (χ1v) is 9.39. The van der Waals surface area contributed by atoms with Gasteiger partial charge in [0.2, 0.25) is 0 Å². The Morgan fingerprint density at radius 2 is 1.96 bits per heavy atom. The average Bonchev–Trinajstić information content (AvgIpc) is 3.35. The van der Waals surface area contributed by atoms with E-state index in [2.05, 4.69) is 4.98 Å². The van der Waals surface area contributed by atoms with E-state index in [4.69, 9.17) is 4.74 Å². The minimum atomic E-state index is -2.02. The molecule has 28 heavy (non-hydrogen) atoms. The second-order valence-corrected chi connectivity index (χ2v) is 7.37. The SMILES string of the molecule is O=C(c1cc(F)c(F)c(F)c1F)N(C[C@H]1CCCO1)c1nc2ccccc2s1. The van der Waals surface area contributed by atoms with Gasteiger partial charge in [-0.05, 0) is 31.0 Å². The van der Waals surface area contributed by atoms with Gasteiger partial charge < -0.3 is 4.74 Å². The van der Waals surface area contributed by atoms with Crippen molar-refractivity contribution in [3.63, 3.8) is 0 Å². The largest absolute Gasteiger partial charge is 0.376 e. The van der Waals surface area contributed by atoms with Crippen LogP contribution in [0, 0.1) is 23.3 Å². The number of benzene rings is 2. The van der Waals surface area contributed by atoms with Gasteiger partial charge in [-0.2, -0.15) is 0 Å². The zero-order valence-corrected chi connectivity index (χ0v) is 15.2. The van der Waals surface area contributed by atoms with E-state index in [0.29, 0.717) is 24.6 Å². The summed E-state index contributed by atoms with van der Waals surface area (Å²) < 4.78 is 61.1. The maximum absolute atomic E-state index is 14.2. The van der Waals surface area contributed by atoms with Crippen molar-refractivity contribution in [2.75, 3.05) is 18.1 Å². The summed E-state index contributed by atoms with van der Waals surface area (Å²) in [5.74, 6) is -8.36. The van der Waals surface area contributed by atoms with Crippen molar-refractivity contribution in [1.82, 2.24) is 4.98 Å². The van der Waals surface area contributed by atoms with Gasteiger partial charge in [0.25, 0.3) is 5.91 Å². The van der Waals surface area contributed by atoms with Crippen LogP contribution in [0.4, 0.5) is 22.7 Å². The number of halogens is 4. The Hall–Kier alpha value is -2.52. The van der Waals surface area contributed by atoms with Crippen molar-refractivity contribution in [3.05, 3.63) is 59.2 Å². The Morgan fingerprint density at radius 1 is 1.18 bits per heavy atom. The molecule has 0 spiro atoms. The normalized spacial score (nSPS) is 16.6. The Morgan fingerprint density at radius 3 is 2.68 bits per heavy atom. The second kappa shape index (κ2) is 7.48. The predicted octanol–water partition coefficient (Wildman–Crippen LogP) is 4.68. The molecular formula is C19H14F4N2O2S. The maximum Gasteiger partial charge on any atom is 0.263 e. The van der Waals surface area contributed by atoms with E-state index >= 15 is 0 Å². The molecule has 0 unspecified atom stereocenters. The topological polar surface area (TPSA) is 42.4 Å². The third-order valence-electron chi connectivity index (χ3n) is 4.50. The standard InChI is InChI=1S/C19H14F4N2O2S/c20-12-8-11(15(21)17(23)16(12)22)18(26)25(9-10-4-3-7-27-10)19-24-13-5-1-2-6-14(13)28-19/h1-2,5-6,8,10H,3-4,7,9H2/t10-/m1/s1. The van der Waals surface area contributed by atoms with E-state index in [9.17, 15) is 22.4 Å². The summed E-state index contributed by atoms with van der Waals surface area (Å²) in [4.78, 5) is 18.5. The molecule has 1 aliphatic rings. The van der Waals surface area contributed by atoms with E-state index in [0.717, 1.165) is 16.0 Å². The molecule has 2 heterocycles. The third-order valence-corrected chi connectivity index (χ3v) is 5.56. The smallest absolute Gasteiger partial charge is 0.263 e. The number of para-hydroxylation sites is 1.